The van der Waals surface area contributed by atoms with E-state index in [1.165, 1.54) is 0 Å². The van der Waals surface area contributed by atoms with Crippen LogP contribution in [0.4, 0.5) is 5.69 Å². The minimum Gasteiger partial charge on any atom is -0.374 e. The third-order valence-corrected chi connectivity index (χ3v) is 4.73. The zero-order valence-electron chi connectivity index (χ0n) is 18.5. The highest BCUT2D eigenvalue weighted by Gasteiger charge is 2.18. The molecule has 3 aromatic rings. The fourth-order valence-electron chi connectivity index (χ4n) is 3.30. The largest absolute Gasteiger partial charge is 0.374 e. The van der Waals surface area contributed by atoms with Crippen LogP contribution in [0.5, 0.6) is 0 Å². The average molecular weight is 408 g/mol. The molecule has 0 saturated heterocycles. The van der Waals surface area contributed by atoms with Gasteiger partial charge < -0.3 is 10.1 Å². The maximum atomic E-state index is 12.7. The number of hydrogen-bond acceptors (Lipinski definition) is 5. The molecular formula is C23H29N5O2. The number of aromatic nitrogens is 4. The number of rotatable bonds is 7. The number of aryl methyl sites for hydroxylation is 3. The molecule has 1 aromatic carbocycles. The molecule has 2 aromatic heterocycles. The second kappa shape index (κ2) is 9.17. The van der Waals surface area contributed by atoms with Crippen molar-refractivity contribution in [1.82, 2.24) is 19.7 Å². The molecule has 30 heavy (non-hydrogen) atoms. The molecule has 7 nitrogen and oxygen atoms in total. The van der Waals surface area contributed by atoms with Crippen molar-refractivity contribution < 1.29 is 9.53 Å². The Labute approximate surface area is 177 Å². The summed E-state index contributed by atoms with van der Waals surface area (Å²) in [6.07, 6.45) is 0.391. The van der Waals surface area contributed by atoms with Crippen molar-refractivity contribution in [1.29, 1.82) is 0 Å². The van der Waals surface area contributed by atoms with Crippen LogP contribution in [-0.4, -0.2) is 31.8 Å². The average Bonchev–Trinajstić information content (AvgIpc) is 2.94. The molecule has 0 aliphatic rings. The van der Waals surface area contributed by atoms with Gasteiger partial charge in [-0.25, -0.2) is 14.6 Å². The van der Waals surface area contributed by atoms with Gasteiger partial charge in [-0.15, -0.1) is 0 Å². The Morgan fingerprint density at radius 2 is 1.80 bits per heavy atom. The summed E-state index contributed by atoms with van der Waals surface area (Å²) in [7, 11) is 0. The van der Waals surface area contributed by atoms with Crippen molar-refractivity contribution in [2.75, 3.05) is 5.32 Å². The quantitative estimate of drug-likeness (QED) is 0.640. The van der Waals surface area contributed by atoms with Crippen molar-refractivity contribution in [2.24, 2.45) is 0 Å². The highest BCUT2D eigenvalue weighted by molar-refractivity contribution is 5.92. The van der Waals surface area contributed by atoms with Gasteiger partial charge in [-0.3, -0.25) is 4.79 Å². The number of benzene rings is 1. The van der Waals surface area contributed by atoms with Crippen molar-refractivity contribution in [2.45, 2.75) is 60.7 Å². The van der Waals surface area contributed by atoms with Crippen molar-refractivity contribution >= 4 is 11.6 Å². The number of nitrogens with zero attached hydrogens (tertiary/aromatic N) is 4. The fourth-order valence-corrected chi connectivity index (χ4v) is 3.30. The predicted molar refractivity (Wildman–Crippen MR) is 117 cm³/mol. The summed E-state index contributed by atoms with van der Waals surface area (Å²) in [5.74, 6) is 0.432. The molecule has 1 amide bonds. The first-order valence-electron chi connectivity index (χ1n) is 10.1. The Morgan fingerprint density at radius 3 is 2.47 bits per heavy atom. The van der Waals surface area contributed by atoms with Gasteiger partial charge in [0, 0.05) is 28.3 Å². The molecule has 1 N–H and O–H groups in total. The molecule has 0 radical (unpaired) electrons. The van der Waals surface area contributed by atoms with Gasteiger partial charge in [-0.05, 0) is 65.3 Å². The summed E-state index contributed by atoms with van der Waals surface area (Å²) in [6, 6.07) is 9.64. The third kappa shape index (κ3) is 5.30. The van der Waals surface area contributed by atoms with Gasteiger partial charge in [0.15, 0.2) is 0 Å². The van der Waals surface area contributed by atoms with E-state index < -0.39 is 0 Å². The highest BCUT2D eigenvalue weighted by Crippen LogP contribution is 2.19. The number of amides is 1. The number of anilines is 1. The molecular weight excluding hydrogens is 378 g/mol. The normalized spacial score (nSPS) is 11.2. The molecule has 0 fully saturated rings. The molecule has 0 saturated carbocycles. The van der Waals surface area contributed by atoms with Crippen LogP contribution in [-0.2, 0) is 22.6 Å². The Morgan fingerprint density at radius 1 is 1.10 bits per heavy atom. The molecule has 2 heterocycles. The molecule has 0 unspecified atom stereocenters. The van der Waals surface area contributed by atoms with E-state index in [1.54, 1.807) is 4.68 Å². The van der Waals surface area contributed by atoms with E-state index in [9.17, 15) is 4.79 Å². The van der Waals surface area contributed by atoms with Crippen LogP contribution in [0, 0.1) is 27.7 Å². The number of hydrogen-bond donors (Lipinski definition) is 1. The van der Waals surface area contributed by atoms with E-state index >= 15 is 0 Å². The van der Waals surface area contributed by atoms with Gasteiger partial charge in [0.25, 0.3) is 5.95 Å². The predicted octanol–water partition coefficient (Wildman–Crippen LogP) is 4.00. The van der Waals surface area contributed by atoms with Crippen LogP contribution in [0.3, 0.4) is 0 Å². The van der Waals surface area contributed by atoms with E-state index in [0.717, 1.165) is 39.6 Å². The van der Waals surface area contributed by atoms with Crippen LogP contribution < -0.4 is 5.32 Å². The van der Waals surface area contributed by atoms with Crippen LogP contribution in [0.1, 0.15) is 47.8 Å². The SMILES string of the molecule is Cc1cc(C)nc(-n2nc(C)c(CC(=O)Nc3cccc(COC(C)C)c3)c2C)n1. The van der Waals surface area contributed by atoms with Gasteiger partial charge >= 0.3 is 0 Å². The Balaban J connectivity index is 1.75. The van der Waals surface area contributed by atoms with Crippen molar-refractivity contribution in [3.05, 3.63) is 64.2 Å². The molecule has 0 bridgehead atoms. The monoisotopic (exact) mass is 407 g/mol. The summed E-state index contributed by atoms with van der Waals surface area (Å²) in [5, 5.41) is 7.55. The van der Waals surface area contributed by atoms with Crippen molar-refractivity contribution in [3.63, 3.8) is 0 Å². The van der Waals surface area contributed by atoms with Gasteiger partial charge in [0.05, 0.1) is 24.8 Å². The number of nitrogens with one attached hydrogen (secondary N) is 1. The summed E-state index contributed by atoms with van der Waals surface area (Å²) < 4.78 is 7.35. The Kier molecular flexibility index (Phi) is 6.62. The number of carbonyl (C=O) groups excluding carboxylic acids is 1. The maximum Gasteiger partial charge on any atom is 0.251 e. The van der Waals surface area contributed by atoms with Crippen LogP contribution >= 0.6 is 0 Å². The molecule has 0 aliphatic heterocycles. The van der Waals surface area contributed by atoms with Crippen LogP contribution in [0.15, 0.2) is 30.3 Å². The van der Waals surface area contributed by atoms with E-state index in [-0.39, 0.29) is 18.4 Å². The molecule has 0 spiro atoms. The minimum atomic E-state index is -0.0935. The molecule has 158 valence electrons. The molecule has 0 atom stereocenters. The molecule has 3 rings (SSSR count). The van der Waals surface area contributed by atoms with Crippen LogP contribution in [0.2, 0.25) is 0 Å². The summed E-state index contributed by atoms with van der Waals surface area (Å²) in [4.78, 5) is 21.7. The number of carbonyl (C=O) groups is 1. The van der Waals surface area contributed by atoms with Crippen LogP contribution in [0.25, 0.3) is 5.95 Å². The second-order valence-electron chi connectivity index (χ2n) is 7.80. The molecule has 0 aliphatic carbocycles. The van der Waals surface area contributed by atoms with Gasteiger partial charge in [-0.1, -0.05) is 12.1 Å². The van der Waals surface area contributed by atoms with E-state index in [4.69, 9.17) is 4.74 Å². The maximum absolute atomic E-state index is 12.7. The zero-order valence-corrected chi connectivity index (χ0v) is 18.5. The third-order valence-electron chi connectivity index (χ3n) is 4.73. The molecule has 7 heteroatoms. The standard InChI is InChI=1S/C23H29N5O2/c1-14(2)30-13-19-8-7-9-20(11-19)26-22(29)12-21-17(5)27-28(18(21)6)23-24-15(3)10-16(4)25-23/h7-11,14H,12-13H2,1-6H3,(H,26,29). The first-order valence-corrected chi connectivity index (χ1v) is 10.1. The fraction of sp³-hybridized carbons (Fsp3) is 0.391. The van der Waals surface area contributed by atoms with Gasteiger partial charge in [0.2, 0.25) is 5.91 Å². The van der Waals surface area contributed by atoms with Gasteiger partial charge in [0.1, 0.15) is 0 Å². The lowest BCUT2D eigenvalue weighted by Crippen LogP contribution is -2.16. The zero-order chi connectivity index (χ0) is 21.8. The summed E-state index contributed by atoms with van der Waals surface area (Å²) in [6.45, 7) is 12.2. The topological polar surface area (TPSA) is 81.9 Å². The van der Waals surface area contributed by atoms with E-state index in [1.807, 2.05) is 71.9 Å². The smallest absolute Gasteiger partial charge is 0.251 e. The second-order valence-corrected chi connectivity index (χ2v) is 7.80. The minimum absolute atomic E-state index is 0.0935. The summed E-state index contributed by atoms with van der Waals surface area (Å²) >= 11 is 0. The Hall–Kier alpha value is -3.06. The first-order chi connectivity index (χ1) is 14.2. The highest BCUT2D eigenvalue weighted by atomic mass is 16.5. The summed E-state index contributed by atoms with van der Waals surface area (Å²) in [5.41, 5.74) is 6.08. The van der Waals surface area contributed by atoms with Gasteiger partial charge in [-0.2, -0.15) is 5.10 Å². The first kappa shape index (κ1) is 21.6. The van der Waals surface area contributed by atoms with Crippen molar-refractivity contribution in [3.8, 4) is 5.95 Å². The number of ether oxygens (including phenoxy) is 1. The Bertz CT molecular complexity index is 1040. The van der Waals surface area contributed by atoms with E-state index in [0.29, 0.717) is 12.6 Å². The van der Waals surface area contributed by atoms with E-state index in [2.05, 4.69) is 20.4 Å². The lowest BCUT2D eigenvalue weighted by Gasteiger charge is -2.10. The lowest BCUT2D eigenvalue weighted by molar-refractivity contribution is -0.115. The lowest BCUT2D eigenvalue weighted by atomic mass is 10.1.